The van der Waals surface area contributed by atoms with Crippen molar-refractivity contribution in [3.05, 3.63) is 120 Å². The summed E-state index contributed by atoms with van der Waals surface area (Å²) in [5, 5.41) is 2.91. The Bertz CT molecular complexity index is 1190. The molecule has 4 rings (SSSR count). The van der Waals surface area contributed by atoms with Gasteiger partial charge in [-0.2, -0.15) is 0 Å². The molecular formula is C26H23ClN2O. The van der Waals surface area contributed by atoms with E-state index in [4.69, 9.17) is 11.6 Å². The summed E-state index contributed by atoms with van der Waals surface area (Å²) >= 11 is 6.13. The molecule has 0 spiro atoms. The number of aromatic nitrogens is 1. The molecule has 4 aromatic rings. The second-order valence-electron chi connectivity index (χ2n) is 7.29. The zero-order valence-electron chi connectivity index (χ0n) is 16.7. The van der Waals surface area contributed by atoms with E-state index in [-0.39, 0.29) is 5.91 Å². The van der Waals surface area contributed by atoms with E-state index in [1.54, 1.807) is 6.08 Å². The van der Waals surface area contributed by atoms with E-state index in [1.165, 1.54) is 0 Å². The quantitative estimate of drug-likeness (QED) is 0.332. The Morgan fingerprint density at radius 3 is 2.60 bits per heavy atom. The molecule has 0 aliphatic heterocycles. The third-order valence-electron chi connectivity index (χ3n) is 5.15. The number of hydrogen-bond acceptors (Lipinski definition) is 1. The number of hydrogen-bond donors (Lipinski definition) is 0. The molecule has 0 aliphatic rings. The van der Waals surface area contributed by atoms with Crippen LogP contribution in [-0.2, 0) is 13.1 Å². The molecule has 0 bridgehead atoms. The first-order valence-corrected chi connectivity index (χ1v) is 10.3. The maximum absolute atomic E-state index is 13.3. The average molecular weight is 415 g/mol. The number of rotatable bonds is 7. The van der Waals surface area contributed by atoms with Crippen LogP contribution in [0.15, 0.2) is 97.7 Å². The molecule has 30 heavy (non-hydrogen) atoms. The van der Waals surface area contributed by atoms with Crippen molar-refractivity contribution in [2.45, 2.75) is 13.1 Å². The molecule has 0 saturated carbocycles. The predicted molar refractivity (Wildman–Crippen MR) is 124 cm³/mol. The van der Waals surface area contributed by atoms with Gasteiger partial charge in [-0.05, 0) is 52.7 Å². The minimum absolute atomic E-state index is 0.00356. The number of carbonyl (C=O) groups excluding carboxylic acids is 1. The van der Waals surface area contributed by atoms with Gasteiger partial charge in [0.15, 0.2) is 0 Å². The minimum Gasteiger partial charge on any atom is -0.345 e. The molecule has 150 valence electrons. The number of fused-ring (bicyclic) bond motifs is 1. The van der Waals surface area contributed by atoms with Crippen LogP contribution in [0.1, 0.15) is 21.6 Å². The molecule has 3 nitrogen and oxygen atoms in total. The fraction of sp³-hybridized carbons (Fsp3) is 0.115. The van der Waals surface area contributed by atoms with Crippen LogP contribution >= 0.6 is 11.6 Å². The number of benzene rings is 3. The standard InChI is InChI=1S/C26H23ClN2O/c1-2-14-29(26(30)23-13-12-21-8-3-4-9-22(21)17-23)19-25-11-6-15-28(25)18-20-7-5-10-24(27)16-20/h2-13,15-17H,1,14,18-19H2. The largest absolute Gasteiger partial charge is 0.345 e. The van der Waals surface area contributed by atoms with E-state index in [0.29, 0.717) is 25.2 Å². The second kappa shape index (κ2) is 9.02. The van der Waals surface area contributed by atoms with Gasteiger partial charge in [-0.3, -0.25) is 4.79 Å². The first kappa shape index (κ1) is 20.0. The molecule has 0 radical (unpaired) electrons. The lowest BCUT2D eigenvalue weighted by Gasteiger charge is -2.22. The summed E-state index contributed by atoms with van der Waals surface area (Å²) in [7, 11) is 0. The molecule has 1 amide bonds. The maximum Gasteiger partial charge on any atom is 0.254 e. The first-order chi connectivity index (χ1) is 14.6. The van der Waals surface area contributed by atoms with Gasteiger partial charge in [0, 0.05) is 35.6 Å². The highest BCUT2D eigenvalue weighted by molar-refractivity contribution is 6.30. The van der Waals surface area contributed by atoms with E-state index in [1.807, 2.05) is 83.9 Å². The molecule has 1 heterocycles. The van der Waals surface area contributed by atoms with Crippen LogP contribution in [-0.4, -0.2) is 21.9 Å². The summed E-state index contributed by atoms with van der Waals surface area (Å²) in [6.07, 6.45) is 3.80. The fourth-order valence-corrected chi connectivity index (χ4v) is 3.87. The molecule has 0 atom stereocenters. The van der Waals surface area contributed by atoms with Crippen molar-refractivity contribution < 1.29 is 4.79 Å². The SMILES string of the molecule is C=CCN(Cc1cccn1Cc1cccc(Cl)c1)C(=O)c1ccc2ccccc2c1. The molecule has 3 aromatic carbocycles. The Balaban J connectivity index is 1.57. The van der Waals surface area contributed by atoms with Gasteiger partial charge in [-0.25, -0.2) is 0 Å². The zero-order chi connectivity index (χ0) is 20.9. The smallest absolute Gasteiger partial charge is 0.254 e. The van der Waals surface area contributed by atoms with Crippen molar-refractivity contribution in [3.8, 4) is 0 Å². The van der Waals surface area contributed by atoms with Gasteiger partial charge in [0.2, 0.25) is 0 Å². The Morgan fingerprint density at radius 1 is 0.967 bits per heavy atom. The van der Waals surface area contributed by atoms with Crippen molar-refractivity contribution in [1.82, 2.24) is 9.47 Å². The Labute approximate surface area is 181 Å². The topological polar surface area (TPSA) is 25.2 Å². The van der Waals surface area contributed by atoms with Crippen molar-refractivity contribution in [1.29, 1.82) is 0 Å². The summed E-state index contributed by atoms with van der Waals surface area (Å²) in [6.45, 7) is 5.53. The van der Waals surface area contributed by atoms with Crippen LogP contribution in [0.3, 0.4) is 0 Å². The van der Waals surface area contributed by atoms with Gasteiger partial charge in [-0.15, -0.1) is 6.58 Å². The molecule has 0 unspecified atom stereocenters. The van der Waals surface area contributed by atoms with Crippen LogP contribution < -0.4 is 0 Å². The van der Waals surface area contributed by atoms with Gasteiger partial charge in [0.25, 0.3) is 5.91 Å². The molecule has 0 fully saturated rings. The molecular weight excluding hydrogens is 392 g/mol. The summed E-state index contributed by atoms with van der Waals surface area (Å²) in [5.74, 6) is -0.00356. The monoisotopic (exact) mass is 414 g/mol. The summed E-state index contributed by atoms with van der Waals surface area (Å²) < 4.78 is 2.15. The van der Waals surface area contributed by atoms with Gasteiger partial charge in [0.1, 0.15) is 0 Å². The van der Waals surface area contributed by atoms with E-state index in [9.17, 15) is 4.79 Å². The van der Waals surface area contributed by atoms with Crippen molar-refractivity contribution >= 4 is 28.3 Å². The highest BCUT2D eigenvalue weighted by Crippen LogP contribution is 2.19. The van der Waals surface area contributed by atoms with Crippen LogP contribution in [0.4, 0.5) is 0 Å². The summed E-state index contributed by atoms with van der Waals surface area (Å²) in [6, 6.07) is 25.8. The molecule has 1 aromatic heterocycles. The third kappa shape index (κ3) is 4.47. The predicted octanol–water partition coefficient (Wildman–Crippen LogP) is 6.17. The lowest BCUT2D eigenvalue weighted by atomic mass is 10.1. The van der Waals surface area contributed by atoms with Gasteiger partial charge < -0.3 is 9.47 Å². The molecule has 0 N–H and O–H groups in total. The Hall–Kier alpha value is -3.30. The number of halogens is 1. The second-order valence-corrected chi connectivity index (χ2v) is 7.73. The van der Waals surface area contributed by atoms with Gasteiger partial charge >= 0.3 is 0 Å². The number of nitrogens with zero attached hydrogens (tertiary/aromatic N) is 2. The average Bonchev–Trinajstić information content (AvgIpc) is 3.19. The highest BCUT2D eigenvalue weighted by Gasteiger charge is 2.17. The van der Waals surface area contributed by atoms with Crippen molar-refractivity contribution in [2.24, 2.45) is 0 Å². The van der Waals surface area contributed by atoms with E-state index in [2.05, 4.69) is 17.2 Å². The molecule has 0 saturated heterocycles. The normalized spacial score (nSPS) is 10.8. The van der Waals surface area contributed by atoms with Crippen molar-refractivity contribution in [3.63, 3.8) is 0 Å². The van der Waals surface area contributed by atoms with Crippen molar-refractivity contribution in [2.75, 3.05) is 6.54 Å². The summed E-state index contributed by atoms with van der Waals surface area (Å²) in [5.41, 5.74) is 2.87. The Morgan fingerprint density at radius 2 is 1.80 bits per heavy atom. The van der Waals surface area contributed by atoms with E-state index in [0.717, 1.165) is 27.1 Å². The zero-order valence-corrected chi connectivity index (χ0v) is 17.4. The Kier molecular flexibility index (Phi) is 6.01. The lowest BCUT2D eigenvalue weighted by molar-refractivity contribution is 0.0759. The third-order valence-corrected chi connectivity index (χ3v) is 5.39. The van der Waals surface area contributed by atoms with Crippen LogP contribution in [0.25, 0.3) is 10.8 Å². The summed E-state index contributed by atoms with van der Waals surface area (Å²) in [4.78, 5) is 15.1. The van der Waals surface area contributed by atoms with Crippen LogP contribution in [0.2, 0.25) is 5.02 Å². The van der Waals surface area contributed by atoms with Crippen LogP contribution in [0, 0.1) is 0 Å². The van der Waals surface area contributed by atoms with E-state index < -0.39 is 0 Å². The van der Waals surface area contributed by atoms with Gasteiger partial charge in [-0.1, -0.05) is 60.1 Å². The lowest BCUT2D eigenvalue weighted by Crippen LogP contribution is -2.31. The number of amides is 1. The number of carbonyl (C=O) groups is 1. The van der Waals surface area contributed by atoms with E-state index >= 15 is 0 Å². The maximum atomic E-state index is 13.3. The van der Waals surface area contributed by atoms with Gasteiger partial charge in [0.05, 0.1) is 6.54 Å². The molecule has 0 aliphatic carbocycles. The minimum atomic E-state index is -0.00356. The fourth-order valence-electron chi connectivity index (χ4n) is 3.65. The molecule has 4 heteroatoms. The highest BCUT2D eigenvalue weighted by atomic mass is 35.5. The van der Waals surface area contributed by atoms with Crippen LogP contribution in [0.5, 0.6) is 0 Å². The first-order valence-electron chi connectivity index (χ1n) is 9.91.